The lowest BCUT2D eigenvalue weighted by Gasteiger charge is -2.19. The van der Waals surface area contributed by atoms with Crippen molar-refractivity contribution in [2.75, 3.05) is 19.0 Å². The van der Waals surface area contributed by atoms with Crippen molar-refractivity contribution in [2.45, 2.75) is 26.2 Å². The molecule has 0 aliphatic rings. The fourth-order valence-corrected chi connectivity index (χ4v) is 2.25. The molecule has 0 bridgehead atoms. The zero-order valence-electron chi connectivity index (χ0n) is 15.3. The molecule has 0 fully saturated rings. The molecule has 5 nitrogen and oxygen atoms in total. The van der Waals surface area contributed by atoms with Crippen LogP contribution in [0.15, 0.2) is 42.5 Å². The molecule has 0 saturated carbocycles. The minimum Gasteiger partial charge on any atom is -0.497 e. The maximum atomic E-state index is 13.8. The molecule has 0 unspecified atom stereocenters. The first-order valence-corrected chi connectivity index (χ1v) is 8.12. The van der Waals surface area contributed by atoms with Crippen LogP contribution in [0.3, 0.4) is 0 Å². The monoisotopic (exact) mass is 359 g/mol. The molecule has 0 radical (unpaired) electrons. The van der Waals surface area contributed by atoms with E-state index in [0.29, 0.717) is 5.69 Å². The Labute approximate surface area is 152 Å². The van der Waals surface area contributed by atoms with Crippen LogP contribution in [0.4, 0.5) is 10.1 Å². The largest absolute Gasteiger partial charge is 0.497 e. The zero-order chi connectivity index (χ0) is 19.3. The maximum Gasteiger partial charge on any atom is 0.341 e. The second-order valence-corrected chi connectivity index (χ2v) is 6.80. The van der Waals surface area contributed by atoms with Crippen LogP contribution in [0.2, 0.25) is 0 Å². The van der Waals surface area contributed by atoms with Gasteiger partial charge in [-0.05, 0) is 35.2 Å². The van der Waals surface area contributed by atoms with Crippen LogP contribution in [-0.2, 0) is 14.9 Å². The summed E-state index contributed by atoms with van der Waals surface area (Å²) in [6, 6.07) is 11.2. The highest BCUT2D eigenvalue weighted by molar-refractivity contribution is 5.95. The Morgan fingerprint density at radius 1 is 1.08 bits per heavy atom. The molecule has 1 amide bonds. The minimum atomic E-state index is -0.914. The molecule has 1 N–H and O–H groups in total. The van der Waals surface area contributed by atoms with E-state index < -0.39 is 24.3 Å². The van der Waals surface area contributed by atoms with Crippen LogP contribution < -0.4 is 10.1 Å². The number of hydrogen-bond acceptors (Lipinski definition) is 4. The van der Waals surface area contributed by atoms with Gasteiger partial charge in [0.25, 0.3) is 5.91 Å². The lowest BCUT2D eigenvalue weighted by Crippen LogP contribution is -2.21. The number of carbonyl (C=O) groups is 2. The number of halogens is 1. The molecule has 0 saturated heterocycles. The molecule has 0 spiro atoms. The number of amides is 1. The molecule has 6 heteroatoms. The summed E-state index contributed by atoms with van der Waals surface area (Å²) in [7, 11) is 1.39. The Morgan fingerprint density at radius 3 is 2.27 bits per heavy atom. The van der Waals surface area contributed by atoms with Crippen molar-refractivity contribution in [3.63, 3.8) is 0 Å². The van der Waals surface area contributed by atoms with Crippen molar-refractivity contribution in [1.82, 2.24) is 0 Å². The van der Waals surface area contributed by atoms with Gasteiger partial charge in [-0.3, -0.25) is 4.79 Å². The Hall–Kier alpha value is -2.89. The smallest absolute Gasteiger partial charge is 0.341 e. The lowest BCUT2D eigenvalue weighted by molar-refractivity contribution is -0.119. The number of ether oxygens (including phenoxy) is 2. The number of esters is 1. The number of hydrogen-bond donors (Lipinski definition) is 1. The third-order valence-electron chi connectivity index (χ3n) is 3.77. The van der Waals surface area contributed by atoms with Gasteiger partial charge in [0.15, 0.2) is 6.61 Å². The summed E-state index contributed by atoms with van der Waals surface area (Å²) in [6.45, 7) is 5.78. The van der Waals surface area contributed by atoms with E-state index in [1.165, 1.54) is 19.2 Å². The van der Waals surface area contributed by atoms with Crippen molar-refractivity contribution in [3.05, 3.63) is 59.4 Å². The minimum absolute atomic E-state index is 0.0144. The van der Waals surface area contributed by atoms with Gasteiger partial charge in [0.1, 0.15) is 11.6 Å². The first-order valence-electron chi connectivity index (χ1n) is 8.12. The SMILES string of the molecule is COc1ccc(C(=O)OCC(=O)Nc2ccc(C(C)(C)C)cc2)c(F)c1. The molecule has 2 aromatic rings. The first kappa shape index (κ1) is 19.4. The van der Waals surface area contributed by atoms with Gasteiger partial charge in [-0.2, -0.15) is 0 Å². The van der Waals surface area contributed by atoms with E-state index in [2.05, 4.69) is 26.1 Å². The summed E-state index contributed by atoms with van der Waals surface area (Å²) in [5.41, 5.74) is 1.49. The molecular weight excluding hydrogens is 337 g/mol. The van der Waals surface area contributed by atoms with Gasteiger partial charge in [-0.15, -0.1) is 0 Å². The summed E-state index contributed by atoms with van der Waals surface area (Å²) < 4.78 is 23.5. The van der Waals surface area contributed by atoms with Crippen LogP contribution in [0.5, 0.6) is 5.75 Å². The summed E-state index contributed by atoms with van der Waals surface area (Å²) in [5, 5.41) is 2.63. The van der Waals surface area contributed by atoms with E-state index in [4.69, 9.17) is 9.47 Å². The summed E-state index contributed by atoms with van der Waals surface area (Å²) in [5.74, 6) is -1.90. The second kappa shape index (κ2) is 7.99. The molecule has 0 aliphatic carbocycles. The van der Waals surface area contributed by atoms with E-state index in [0.717, 1.165) is 11.6 Å². The van der Waals surface area contributed by atoms with E-state index in [1.54, 1.807) is 12.1 Å². The summed E-state index contributed by atoms with van der Waals surface area (Å²) in [6.07, 6.45) is 0. The molecule has 0 aliphatic heterocycles. The quantitative estimate of drug-likeness (QED) is 0.822. The molecule has 2 rings (SSSR count). The van der Waals surface area contributed by atoms with E-state index in [1.807, 2.05) is 12.1 Å². The number of anilines is 1. The van der Waals surface area contributed by atoms with Crippen molar-refractivity contribution < 1.29 is 23.5 Å². The highest BCUT2D eigenvalue weighted by atomic mass is 19.1. The van der Waals surface area contributed by atoms with Gasteiger partial charge in [-0.25, -0.2) is 9.18 Å². The van der Waals surface area contributed by atoms with Gasteiger partial charge in [-0.1, -0.05) is 32.9 Å². The second-order valence-electron chi connectivity index (χ2n) is 6.80. The van der Waals surface area contributed by atoms with E-state index >= 15 is 0 Å². The Bertz CT molecular complexity index is 794. The Morgan fingerprint density at radius 2 is 1.73 bits per heavy atom. The van der Waals surface area contributed by atoms with Crippen LogP contribution in [-0.4, -0.2) is 25.6 Å². The molecule has 2 aromatic carbocycles. The number of carbonyl (C=O) groups excluding carboxylic acids is 2. The van der Waals surface area contributed by atoms with Gasteiger partial charge >= 0.3 is 5.97 Å². The van der Waals surface area contributed by atoms with E-state index in [9.17, 15) is 14.0 Å². The average molecular weight is 359 g/mol. The molecular formula is C20H22FNO4. The van der Waals surface area contributed by atoms with Gasteiger partial charge in [0.05, 0.1) is 12.7 Å². The highest BCUT2D eigenvalue weighted by Gasteiger charge is 2.16. The standard InChI is InChI=1S/C20H22FNO4/c1-20(2,3)13-5-7-14(8-6-13)22-18(23)12-26-19(24)16-10-9-15(25-4)11-17(16)21/h5-11H,12H2,1-4H3,(H,22,23). The Balaban J connectivity index is 1.91. The Kier molecular flexibility index (Phi) is 5.97. The van der Waals surface area contributed by atoms with Crippen molar-refractivity contribution in [3.8, 4) is 5.75 Å². The fourth-order valence-electron chi connectivity index (χ4n) is 2.25. The van der Waals surface area contributed by atoms with Crippen LogP contribution in [0.25, 0.3) is 0 Å². The van der Waals surface area contributed by atoms with Gasteiger partial charge in [0.2, 0.25) is 0 Å². The average Bonchev–Trinajstić information content (AvgIpc) is 2.59. The predicted molar refractivity (Wildman–Crippen MR) is 97.0 cm³/mol. The highest BCUT2D eigenvalue weighted by Crippen LogP contribution is 2.23. The maximum absolute atomic E-state index is 13.8. The third-order valence-corrected chi connectivity index (χ3v) is 3.77. The van der Waals surface area contributed by atoms with Crippen molar-refractivity contribution in [1.29, 1.82) is 0 Å². The van der Waals surface area contributed by atoms with Crippen LogP contribution in [0.1, 0.15) is 36.7 Å². The molecule has 0 aromatic heterocycles. The number of methoxy groups -OCH3 is 1. The lowest BCUT2D eigenvalue weighted by atomic mass is 9.87. The number of benzene rings is 2. The van der Waals surface area contributed by atoms with Crippen molar-refractivity contribution in [2.24, 2.45) is 0 Å². The van der Waals surface area contributed by atoms with Crippen molar-refractivity contribution >= 4 is 17.6 Å². The third kappa shape index (κ3) is 5.05. The molecule has 26 heavy (non-hydrogen) atoms. The zero-order valence-corrected chi connectivity index (χ0v) is 15.3. The predicted octanol–water partition coefficient (Wildman–Crippen LogP) is 3.93. The summed E-state index contributed by atoms with van der Waals surface area (Å²) in [4.78, 5) is 23.8. The molecule has 0 atom stereocenters. The normalized spacial score (nSPS) is 11.0. The number of nitrogens with one attached hydrogen (secondary N) is 1. The summed E-state index contributed by atoms with van der Waals surface area (Å²) >= 11 is 0. The van der Waals surface area contributed by atoms with Crippen LogP contribution in [0, 0.1) is 5.82 Å². The fraction of sp³-hybridized carbons (Fsp3) is 0.300. The number of rotatable bonds is 5. The van der Waals surface area contributed by atoms with E-state index in [-0.39, 0.29) is 16.7 Å². The molecule has 138 valence electrons. The topological polar surface area (TPSA) is 64.6 Å². The van der Waals surface area contributed by atoms with Crippen LogP contribution >= 0.6 is 0 Å². The first-order chi connectivity index (χ1) is 12.2. The van der Waals surface area contributed by atoms with Gasteiger partial charge < -0.3 is 14.8 Å². The molecule has 0 heterocycles. The van der Waals surface area contributed by atoms with Gasteiger partial charge in [0, 0.05) is 11.8 Å².